The zero-order valence-corrected chi connectivity index (χ0v) is 14.8. The van der Waals surface area contributed by atoms with Crippen LogP contribution in [0, 0.1) is 5.82 Å². The van der Waals surface area contributed by atoms with E-state index in [0.717, 1.165) is 5.56 Å². The summed E-state index contributed by atoms with van der Waals surface area (Å²) < 4.78 is 12.9. The van der Waals surface area contributed by atoms with Crippen molar-refractivity contribution in [1.82, 2.24) is 10.3 Å². The summed E-state index contributed by atoms with van der Waals surface area (Å²) in [6.45, 7) is 0.242. The quantitative estimate of drug-likeness (QED) is 0.698. The number of aromatic nitrogens is 1. The van der Waals surface area contributed by atoms with Crippen LogP contribution < -0.4 is 10.6 Å². The molecule has 0 saturated carbocycles. The minimum atomic E-state index is -0.453. The van der Waals surface area contributed by atoms with Crippen molar-refractivity contribution in [2.75, 3.05) is 5.32 Å². The van der Waals surface area contributed by atoms with Crippen molar-refractivity contribution in [2.24, 2.45) is 0 Å². The highest BCUT2D eigenvalue weighted by Crippen LogP contribution is 2.16. The van der Waals surface area contributed by atoms with Gasteiger partial charge in [-0.2, -0.15) is 0 Å². The Hall–Kier alpha value is -3.25. The number of nitrogens with one attached hydrogen (secondary N) is 2. The normalized spacial score (nSPS) is 10.3. The smallest absolute Gasteiger partial charge is 0.274 e. The number of hydrogen-bond donors (Lipinski definition) is 2. The number of nitrogens with zero attached hydrogens (tertiary/aromatic N) is 1. The van der Waals surface area contributed by atoms with E-state index in [-0.39, 0.29) is 24.0 Å². The number of rotatable bonds is 5. The molecule has 0 atom stereocenters. The molecule has 27 heavy (non-hydrogen) atoms. The minimum Gasteiger partial charge on any atom is -0.348 e. The van der Waals surface area contributed by atoms with Gasteiger partial charge in [0.1, 0.15) is 11.5 Å². The highest BCUT2D eigenvalue weighted by atomic mass is 35.5. The van der Waals surface area contributed by atoms with Crippen LogP contribution in [0.4, 0.5) is 10.1 Å². The number of pyridine rings is 1. The van der Waals surface area contributed by atoms with Gasteiger partial charge in [-0.1, -0.05) is 29.8 Å². The molecular weight excluding hydrogens is 369 g/mol. The van der Waals surface area contributed by atoms with Gasteiger partial charge in [0.15, 0.2) is 0 Å². The summed E-state index contributed by atoms with van der Waals surface area (Å²) >= 11 is 5.89. The van der Waals surface area contributed by atoms with E-state index >= 15 is 0 Å². The number of anilines is 1. The van der Waals surface area contributed by atoms with Crippen molar-refractivity contribution < 1.29 is 14.0 Å². The van der Waals surface area contributed by atoms with E-state index in [2.05, 4.69) is 15.6 Å². The molecule has 5 nitrogen and oxygen atoms in total. The molecule has 2 N–H and O–H groups in total. The van der Waals surface area contributed by atoms with E-state index in [9.17, 15) is 14.0 Å². The fourth-order valence-corrected chi connectivity index (χ4v) is 2.53. The number of amides is 2. The van der Waals surface area contributed by atoms with E-state index in [4.69, 9.17) is 11.6 Å². The summed E-state index contributed by atoms with van der Waals surface area (Å²) in [6.07, 6.45) is 1.39. The summed E-state index contributed by atoms with van der Waals surface area (Å²) in [5, 5.41) is 5.89. The minimum absolute atomic E-state index is 0.101. The molecule has 7 heteroatoms. The zero-order valence-electron chi connectivity index (χ0n) is 14.1. The lowest BCUT2D eigenvalue weighted by Gasteiger charge is -2.08. The van der Waals surface area contributed by atoms with Crippen molar-refractivity contribution in [3.8, 4) is 0 Å². The van der Waals surface area contributed by atoms with Gasteiger partial charge in [-0.05, 0) is 48.0 Å². The molecule has 0 radical (unpaired) electrons. The van der Waals surface area contributed by atoms with Gasteiger partial charge < -0.3 is 10.6 Å². The molecule has 0 bridgehead atoms. The van der Waals surface area contributed by atoms with Gasteiger partial charge in [-0.25, -0.2) is 4.39 Å². The molecule has 0 aliphatic heterocycles. The van der Waals surface area contributed by atoms with Crippen molar-refractivity contribution in [2.45, 2.75) is 6.54 Å². The van der Waals surface area contributed by atoms with Gasteiger partial charge in [-0.15, -0.1) is 0 Å². The number of carbonyl (C=O) groups is 2. The fraction of sp³-hybridized carbons (Fsp3) is 0.0500. The van der Waals surface area contributed by atoms with Crippen LogP contribution in [0.1, 0.15) is 26.4 Å². The second-order valence-electron chi connectivity index (χ2n) is 5.70. The number of hydrogen-bond acceptors (Lipinski definition) is 3. The predicted octanol–water partition coefficient (Wildman–Crippen LogP) is 4.06. The lowest BCUT2D eigenvalue weighted by Crippen LogP contribution is -2.23. The third kappa shape index (κ3) is 5.12. The van der Waals surface area contributed by atoms with Crippen LogP contribution in [-0.4, -0.2) is 16.8 Å². The number of halogens is 2. The molecule has 1 heterocycles. The topological polar surface area (TPSA) is 71.1 Å². The second kappa shape index (κ2) is 8.42. The summed E-state index contributed by atoms with van der Waals surface area (Å²) in [5.41, 5.74) is 1.69. The fourth-order valence-electron chi connectivity index (χ4n) is 2.34. The number of carbonyl (C=O) groups excluding carboxylic acids is 2. The molecule has 0 saturated heterocycles. The third-order valence-corrected chi connectivity index (χ3v) is 3.94. The third-order valence-electron chi connectivity index (χ3n) is 3.70. The van der Waals surface area contributed by atoms with Crippen molar-refractivity contribution in [1.29, 1.82) is 0 Å². The van der Waals surface area contributed by atoms with Gasteiger partial charge in [0.2, 0.25) is 0 Å². The first-order chi connectivity index (χ1) is 13.0. The van der Waals surface area contributed by atoms with E-state index in [0.29, 0.717) is 16.3 Å². The summed E-state index contributed by atoms with van der Waals surface area (Å²) in [6, 6.07) is 15.5. The Morgan fingerprint density at radius 3 is 2.52 bits per heavy atom. The van der Waals surface area contributed by atoms with E-state index < -0.39 is 5.91 Å². The van der Waals surface area contributed by atoms with Gasteiger partial charge >= 0.3 is 0 Å². The SMILES string of the molecule is O=C(NCc1ccc(F)cc1)c1ccnc(C(=O)Nc2cccc(Cl)c2)c1. The maximum absolute atomic E-state index is 12.9. The molecule has 2 aromatic carbocycles. The zero-order chi connectivity index (χ0) is 19.2. The molecule has 0 aliphatic rings. The molecule has 0 spiro atoms. The highest BCUT2D eigenvalue weighted by Gasteiger charge is 2.12. The van der Waals surface area contributed by atoms with Crippen LogP contribution in [0.2, 0.25) is 5.02 Å². The Balaban J connectivity index is 1.66. The lowest BCUT2D eigenvalue weighted by atomic mass is 10.2. The van der Waals surface area contributed by atoms with Crippen LogP contribution in [0.25, 0.3) is 0 Å². The van der Waals surface area contributed by atoms with E-state index in [1.54, 1.807) is 36.4 Å². The molecule has 0 fully saturated rings. The Morgan fingerprint density at radius 1 is 1.00 bits per heavy atom. The van der Waals surface area contributed by atoms with Crippen LogP contribution in [0.3, 0.4) is 0 Å². The van der Waals surface area contributed by atoms with E-state index in [1.165, 1.54) is 30.5 Å². The first-order valence-corrected chi connectivity index (χ1v) is 8.45. The molecule has 3 aromatic rings. The number of benzene rings is 2. The average molecular weight is 384 g/mol. The molecular formula is C20H15ClFN3O2. The van der Waals surface area contributed by atoms with Crippen LogP contribution in [0.5, 0.6) is 0 Å². The highest BCUT2D eigenvalue weighted by molar-refractivity contribution is 6.30. The Morgan fingerprint density at radius 2 is 1.78 bits per heavy atom. The first kappa shape index (κ1) is 18.5. The molecule has 0 aliphatic carbocycles. The Kier molecular flexibility index (Phi) is 5.78. The maximum atomic E-state index is 12.9. The summed E-state index contributed by atoms with van der Waals surface area (Å²) in [4.78, 5) is 28.6. The Bertz CT molecular complexity index is 977. The van der Waals surface area contributed by atoms with E-state index in [1.807, 2.05) is 0 Å². The molecule has 0 unspecified atom stereocenters. The van der Waals surface area contributed by atoms with Gasteiger partial charge in [0, 0.05) is 29.0 Å². The monoisotopic (exact) mass is 383 g/mol. The lowest BCUT2D eigenvalue weighted by molar-refractivity contribution is 0.0951. The standard InChI is InChI=1S/C20H15ClFN3O2/c21-15-2-1-3-17(11-15)25-20(27)18-10-14(8-9-23-18)19(26)24-12-13-4-6-16(22)7-5-13/h1-11H,12H2,(H,24,26)(H,25,27). The summed E-state index contributed by atoms with van der Waals surface area (Å²) in [5.74, 6) is -1.15. The maximum Gasteiger partial charge on any atom is 0.274 e. The second-order valence-corrected chi connectivity index (χ2v) is 6.14. The summed E-state index contributed by atoms with van der Waals surface area (Å²) in [7, 11) is 0. The first-order valence-electron chi connectivity index (χ1n) is 8.07. The van der Waals surface area contributed by atoms with Gasteiger partial charge in [-0.3, -0.25) is 14.6 Å². The van der Waals surface area contributed by atoms with Gasteiger partial charge in [0.05, 0.1) is 0 Å². The van der Waals surface area contributed by atoms with Crippen molar-refractivity contribution in [3.05, 3.63) is 94.5 Å². The van der Waals surface area contributed by atoms with Crippen molar-refractivity contribution in [3.63, 3.8) is 0 Å². The van der Waals surface area contributed by atoms with Gasteiger partial charge in [0.25, 0.3) is 11.8 Å². The average Bonchev–Trinajstić information content (AvgIpc) is 2.67. The largest absolute Gasteiger partial charge is 0.348 e. The molecule has 136 valence electrons. The van der Waals surface area contributed by atoms with Crippen molar-refractivity contribution >= 4 is 29.1 Å². The molecule has 3 rings (SSSR count). The van der Waals surface area contributed by atoms with Crippen LogP contribution in [-0.2, 0) is 6.54 Å². The predicted molar refractivity (Wildman–Crippen MR) is 101 cm³/mol. The Labute approximate surface area is 160 Å². The molecule has 1 aromatic heterocycles. The van der Waals surface area contributed by atoms with Crippen LogP contribution in [0.15, 0.2) is 66.9 Å². The van der Waals surface area contributed by atoms with Crippen LogP contribution >= 0.6 is 11.6 Å². The molecule has 2 amide bonds.